The molecule has 1 aliphatic heterocycles. The molecule has 2 fully saturated rings. The lowest BCUT2D eigenvalue weighted by Crippen LogP contribution is -2.49. The van der Waals surface area contributed by atoms with Crippen molar-refractivity contribution in [2.24, 2.45) is 5.92 Å². The van der Waals surface area contributed by atoms with Crippen LogP contribution in [-0.2, 0) is 0 Å². The van der Waals surface area contributed by atoms with E-state index < -0.39 is 0 Å². The topological polar surface area (TPSA) is 47.6 Å². The summed E-state index contributed by atoms with van der Waals surface area (Å²) in [6.07, 6.45) is 6.12. The monoisotopic (exact) mass is 310 g/mol. The molecule has 1 saturated carbocycles. The summed E-state index contributed by atoms with van der Waals surface area (Å²) in [5.74, 6) is 0.505. The van der Waals surface area contributed by atoms with Crippen LogP contribution in [0.15, 0.2) is 0 Å². The van der Waals surface area contributed by atoms with E-state index in [1.54, 1.807) is 0 Å². The highest BCUT2D eigenvalue weighted by atomic mass is 16.2. The third kappa shape index (κ3) is 6.13. The molecule has 0 spiro atoms. The summed E-state index contributed by atoms with van der Waals surface area (Å²) in [7, 11) is 0. The number of rotatable bonds is 6. The average molecular weight is 310 g/mol. The van der Waals surface area contributed by atoms with Gasteiger partial charge in [0.25, 0.3) is 0 Å². The second-order valence-corrected chi connectivity index (χ2v) is 7.03. The van der Waals surface area contributed by atoms with Crippen LogP contribution in [0.4, 0.5) is 4.79 Å². The Labute approximate surface area is 135 Å². The first-order valence-electron chi connectivity index (χ1n) is 9.16. The van der Waals surface area contributed by atoms with Crippen molar-refractivity contribution in [2.45, 2.75) is 52.0 Å². The van der Waals surface area contributed by atoms with Crippen LogP contribution in [-0.4, -0.2) is 67.7 Å². The number of hydrogen-bond acceptors (Lipinski definition) is 3. The van der Waals surface area contributed by atoms with Gasteiger partial charge >= 0.3 is 6.03 Å². The molecule has 128 valence electrons. The number of carbonyl (C=O) groups is 1. The van der Waals surface area contributed by atoms with Crippen molar-refractivity contribution in [3.05, 3.63) is 0 Å². The average Bonchev–Trinajstić information content (AvgIpc) is 2.55. The fraction of sp³-hybridized carbons (Fsp3) is 0.941. The van der Waals surface area contributed by atoms with Crippen LogP contribution in [0.2, 0.25) is 0 Å². The van der Waals surface area contributed by atoms with Crippen molar-refractivity contribution in [1.82, 2.24) is 20.4 Å². The molecule has 1 unspecified atom stereocenters. The Morgan fingerprint density at radius 1 is 1.09 bits per heavy atom. The standard InChI is InChI=1S/C17H34N4O/c1-3-20-9-11-21(12-10-20)14-15(2)13-18-17(22)19-16-7-5-4-6-8-16/h15-16H,3-14H2,1-2H3,(H2,18,19,22). The van der Waals surface area contributed by atoms with Gasteiger partial charge in [0.15, 0.2) is 0 Å². The van der Waals surface area contributed by atoms with Crippen LogP contribution < -0.4 is 10.6 Å². The van der Waals surface area contributed by atoms with E-state index in [0.717, 1.165) is 45.6 Å². The second kappa shape index (κ2) is 9.36. The predicted molar refractivity (Wildman–Crippen MR) is 91.1 cm³/mol. The molecule has 0 aromatic heterocycles. The highest BCUT2D eigenvalue weighted by Crippen LogP contribution is 2.17. The summed E-state index contributed by atoms with van der Waals surface area (Å²) in [6, 6.07) is 0.417. The molecule has 2 amide bonds. The molecule has 22 heavy (non-hydrogen) atoms. The maximum Gasteiger partial charge on any atom is 0.315 e. The summed E-state index contributed by atoms with van der Waals surface area (Å²) in [4.78, 5) is 17.0. The molecule has 1 saturated heterocycles. The van der Waals surface area contributed by atoms with Gasteiger partial charge in [-0.2, -0.15) is 0 Å². The van der Waals surface area contributed by atoms with Gasteiger partial charge in [-0.1, -0.05) is 33.1 Å². The summed E-state index contributed by atoms with van der Waals surface area (Å²) >= 11 is 0. The van der Waals surface area contributed by atoms with E-state index in [-0.39, 0.29) is 6.03 Å². The molecular formula is C17H34N4O. The van der Waals surface area contributed by atoms with Gasteiger partial charge in [0.05, 0.1) is 0 Å². The van der Waals surface area contributed by atoms with E-state index in [0.29, 0.717) is 12.0 Å². The largest absolute Gasteiger partial charge is 0.338 e. The number of amides is 2. The quantitative estimate of drug-likeness (QED) is 0.788. The van der Waals surface area contributed by atoms with Gasteiger partial charge < -0.3 is 20.4 Å². The van der Waals surface area contributed by atoms with Crippen molar-refractivity contribution < 1.29 is 4.79 Å². The number of piperazine rings is 1. The number of nitrogens with one attached hydrogen (secondary N) is 2. The lowest BCUT2D eigenvalue weighted by atomic mass is 9.96. The zero-order valence-corrected chi connectivity index (χ0v) is 14.4. The molecule has 5 heteroatoms. The van der Waals surface area contributed by atoms with Gasteiger partial charge in [0.2, 0.25) is 0 Å². The minimum Gasteiger partial charge on any atom is -0.338 e. The first-order chi connectivity index (χ1) is 10.7. The summed E-state index contributed by atoms with van der Waals surface area (Å²) < 4.78 is 0. The number of nitrogens with zero attached hydrogens (tertiary/aromatic N) is 2. The van der Waals surface area contributed by atoms with Gasteiger partial charge in [-0.3, -0.25) is 0 Å². The first kappa shape index (κ1) is 17.5. The summed E-state index contributed by atoms with van der Waals surface area (Å²) in [5.41, 5.74) is 0. The molecule has 1 atom stereocenters. The van der Waals surface area contributed by atoms with Crippen LogP contribution in [0, 0.1) is 5.92 Å². The minimum absolute atomic E-state index is 0.0227. The molecule has 2 aliphatic rings. The third-order valence-corrected chi connectivity index (χ3v) is 5.03. The molecule has 2 N–H and O–H groups in total. The Hall–Kier alpha value is -0.810. The van der Waals surface area contributed by atoms with Crippen LogP contribution >= 0.6 is 0 Å². The smallest absolute Gasteiger partial charge is 0.315 e. The molecule has 0 bridgehead atoms. The number of carbonyl (C=O) groups excluding carboxylic acids is 1. The maximum absolute atomic E-state index is 11.9. The van der Waals surface area contributed by atoms with Crippen molar-refractivity contribution >= 4 is 6.03 Å². The number of likely N-dealkylation sites (N-methyl/N-ethyl adjacent to an activating group) is 1. The fourth-order valence-electron chi connectivity index (χ4n) is 3.54. The Balaban J connectivity index is 1.56. The number of hydrogen-bond donors (Lipinski definition) is 2. The van der Waals surface area contributed by atoms with E-state index in [1.807, 2.05) is 0 Å². The van der Waals surface area contributed by atoms with Gasteiger partial charge in [0, 0.05) is 45.3 Å². The zero-order chi connectivity index (χ0) is 15.8. The van der Waals surface area contributed by atoms with Crippen molar-refractivity contribution in [3.63, 3.8) is 0 Å². The number of urea groups is 1. The van der Waals surface area contributed by atoms with E-state index in [2.05, 4.69) is 34.3 Å². The van der Waals surface area contributed by atoms with Crippen molar-refractivity contribution in [1.29, 1.82) is 0 Å². The Bertz CT molecular complexity index is 323. The van der Waals surface area contributed by atoms with Crippen molar-refractivity contribution in [3.8, 4) is 0 Å². The van der Waals surface area contributed by atoms with E-state index in [9.17, 15) is 4.79 Å². The van der Waals surface area contributed by atoms with Gasteiger partial charge in [-0.25, -0.2) is 4.79 Å². The van der Waals surface area contributed by atoms with Crippen LogP contribution in [0.5, 0.6) is 0 Å². The maximum atomic E-state index is 11.9. The van der Waals surface area contributed by atoms with E-state index >= 15 is 0 Å². The van der Waals surface area contributed by atoms with Gasteiger partial charge in [-0.05, 0) is 25.3 Å². The van der Waals surface area contributed by atoms with Crippen LogP contribution in [0.3, 0.4) is 0 Å². The summed E-state index contributed by atoms with van der Waals surface area (Å²) in [6.45, 7) is 12.1. The zero-order valence-electron chi connectivity index (χ0n) is 14.4. The van der Waals surface area contributed by atoms with Gasteiger partial charge in [0.1, 0.15) is 0 Å². The Kier molecular flexibility index (Phi) is 7.46. The second-order valence-electron chi connectivity index (χ2n) is 7.03. The van der Waals surface area contributed by atoms with Crippen LogP contribution in [0.25, 0.3) is 0 Å². The molecule has 5 nitrogen and oxygen atoms in total. The molecule has 1 heterocycles. The first-order valence-corrected chi connectivity index (χ1v) is 9.16. The van der Waals surface area contributed by atoms with E-state index in [1.165, 1.54) is 32.4 Å². The van der Waals surface area contributed by atoms with E-state index in [4.69, 9.17) is 0 Å². The third-order valence-electron chi connectivity index (χ3n) is 5.03. The lowest BCUT2D eigenvalue weighted by molar-refractivity contribution is 0.124. The SMILES string of the molecule is CCN1CCN(CC(C)CNC(=O)NC2CCCCC2)CC1. The summed E-state index contributed by atoms with van der Waals surface area (Å²) in [5, 5.41) is 6.17. The molecule has 1 aliphatic carbocycles. The highest BCUT2D eigenvalue weighted by molar-refractivity contribution is 5.74. The molecule has 0 radical (unpaired) electrons. The van der Waals surface area contributed by atoms with Crippen molar-refractivity contribution in [2.75, 3.05) is 45.8 Å². The molecular weight excluding hydrogens is 276 g/mol. The minimum atomic E-state index is 0.0227. The van der Waals surface area contributed by atoms with Crippen LogP contribution in [0.1, 0.15) is 46.0 Å². The Morgan fingerprint density at radius 3 is 2.36 bits per heavy atom. The highest BCUT2D eigenvalue weighted by Gasteiger charge is 2.18. The fourth-order valence-corrected chi connectivity index (χ4v) is 3.54. The molecule has 2 rings (SSSR count). The predicted octanol–water partition coefficient (Wildman–Crippen LogP) is 1.89. The molecule has 0 aromatic rings. The lowest BCUT2D eigenvalue weighted by Gasteiger charge is -2.35. The Morgan fingerprint density at radius 2 is 1.73 bits per heavy atom. The molecule has 0 aromatic carbocycles. The van der Waals surface area contributed by atoms with Gasteiger partial charge in [-0.15, -0.1) is 0 Å². The normalized spacial score (nSPS) is 23.2.